The van der Waals surface area contributed by atoms with E-state index in [-0.39, 0.29) is 10.6 Å². The number of anilines is 1. The largest absolute Gasteiger partial charge is 0.279 e. The number of non-ortho nitro benzene ring substituents is 1. The number of nitrogens with zero attached hydrogens (tertiary/aromatic N) is 1. The summed E-state index contributed by atoms with van der Waals surface area (Å²) in [4.78, 5) is 10.3. The van der Waals surface area contributed by atoms with Crippen molar-refractivity contribution in [3.8, 4) is 11.1 Å². The monoisotopic (exact) mass is 276 g/mol. The summed E-state index contributed by atoms with van der Waals surface area (Å²) in [5, 5.41) is 10.8. The Morgan fingerprint density at radius 1 is 1.05 bits per heavy atom. The lowest BCUT2D eigenvalue weighted by Gasteiger charge is -2.20. The molecule has 3 rings (SSSR count). The van der Waals surface area contributed by atoms with Gasteiger partial charge in [-0.15, -0.1) is 0 Å². The second-order valence-corrected chi connectivity index (χ2v) is 5.74. The van der Waals surface area contributed by atoms with Gasteiger partial charge in [0.15, 0.2) is 0 Å². The third-order valence-electron chi connectivity index (χ3n) is 2.93. The molecule has 0 spiro atoms. The standard InChI is InChI=1S/C12H8N2O4S/c15-14(16)8-5-6-12-10(7-8)9-3-1-2-4-11(9)13-19(12,17)18/h1-7,13H. The fourth-order valence-corrected chi connectivity index (χ4v) is 3.37. The predicted molar refractivity (Wildman–Crippen MR) is 69.3 cm³/mol. The summed E-state index contributed by atoms with van der Waals surface area (Å²) in [6.07, 6.45) is 0. The topological polar surface area (TPSA) is 89.3 Å². The number of nitro benzene ring substituents is 1. The predicted octanol–water partition coefficient (Wildman–Crippen LogP) is 2.38. The molecule has 1 heterocycles. The normalized spacial score (nSPS) is 14.9. The molecule has 19 heavy (non-hydrogen) atoms. The molecule has 2 aromatic rings. The Kier molecular flexibility index (Phi) is 2.33. The van der Waals surface area contributed by atoms with Crippen LogP contribution in [0.1, 0.15) is 0 Å². The van der Waals surface area contributed by atoms with Crippen LogP contribution in [0.15, 0.2) is 47.4 Å². The molecule has 0 bridgehead atoms. The first-order valence-electron chi connectivity index (χ1n) is 5.40. The minimum atomic E-state index is -3.67. The summed E-state index contributed by atoms with van der Waals surface area (Å²) in [5.74, 6) is 0. The molecule has 0 unspecified atom stereocenters. The maximum absolute atomic E-state index is 12.0. The van der Waals surface area contributed by atoms with Crippen LogP contribution < -0.4 is 4.72 Å². The molecule has 2 aromatic carbocycles. The smallest absolute Gasteiger partial charge is 0.270 e. The van der Waals surface area contributed by atoms with Crippen molar-refractivity contribution < 1.29 is 13.3 Å². The van der Waals surface area contributed by atoms with E-state index in [9.17, 15) is 18.5 Å². The van der Waals surface area contributed by atoms with Crippen molar-refractivity contribution in [1.29, 1.82) is 0 Å². The zero-order valence-corrected chi connectivity index (χ0v) is 10.3. The average molecular weight is 276 g/mol. The molecule has 1 aliphatic heterocycles. The first kappa shape index (κ1) is 11.7. The van der Waals surface area contributed by atoms with Crippen molar-refractivity contribution in [3.05, 3.63) is 52.6 Å². The highest BCUT2D eigenvalue weighted by atomic mass is 32.2. The van der Waals surface area contributed by atoms with Gasteiger partial charge in [-0.05, 0) is 12.1 Å². The van der Waals surface area contributed by atoms with Crippen molar-refractivity contribution in [2.75, 3.05) is 4.72 Å². The minimum absolute atomic E-state index is 0.0526. The van der Waals surface area contributed by atoms with Gasteiger partial charge in [0.1, 0.15) is 0 Å². The first-order valence-corrected chi connectivity index (χ1v) is 6.88. The molecule has 0 radical (unpaired) electrons. The average Bonchev–Trinajstić information content (AvgIpc) is 2.37. The summed E-state index contributed by atoms with van der Waals surface area (Å²) >= 11 is 0. The summed E-state index contributed by atoms with van der Waals surface area (Å²) in [6, 6.07) is 10.5. The van der Waals surface area contributed by atoms with Gasteiger partial charge in [0.25, 0.3) is 15.7 Å². The van der Waals surface area contributed by atoms with E-state index in [2.05, 4.69) is 4.72 Å². The highest BCUT2D eigenvalue weighted by Crippen LogP contribution is 2.40. The summed E-state index contributed by atoms with van der Waals surface area (Å²) in [5.41, 5.74) is 1.28. The number of fused-ring (bicyclic) bond motifs is 3. The maximum atomic E-state index is 12.0. The molecule has 0 aliphatic carbocycles. The Morgan fingerprint density at radius 2 is 1.79 bits per heavy atom. The number of para-hydroxylation sites is 1. The van der Waals surface area contributed by atoms with Gasteiger partial charge in [-0.3, -0.25) is 14.8 Å². The van der Waals surface area contributed by atoms with Gasteiger partial charge in [0.05, 0.1) is 15.5 Å². The van der Waals surface area contributed by atoms with Gasteiger partial charge in [-0.25, -0.2) is 8.42 Å². The number of nitro groups is 1. The van der Waals surface area contributed by atoms with E-state index in [1.807, 2.05) is 0 Å². The fourth-order valence-electron chi connectivity index (χ4n) is 2.08. The molecule has 0 atom stereocenters. The van der Waals surface area contributed by atoms with E-state index in [0.29, 0.717) is 16.8 Å². The number of rotatable bonds is 1. The van der Waals surface area contributed by atoms with Gasteiger partial charge in [-0.1, -0.05) is 18.2 Å². The molecule has 0 fully saturated rings. The molecular weight excluding hydrogens is 268 g/mol. The van der Waals surface area contributed by atoms with Crippen LogP contribution >= 0.6 is 0 Å². The number of hydrogen-bond acceptors (Lipinski definition) is 4. The number of nitrogens with one attached hydrogen (secondary N) is 1. The second kappa shape index (κ2) is 3.79. The van der Waals surface area contributed by atoms with Crippen molar-refractivity contribution in [3.63, 3.8) is 0 Å². The lowest BCUT2D eigenvalue weighted by Crippen LogP contribution is -2.18. The highest BCUT2D eigenvalue weighted by molar-refractivity contribution is 7.93. The van der Waals surface area contributed by atoms with Crippen LogP contribution in [0.2, 0.25) is 0 Å². The third-order valence-corrected chi connectivity index (χ3v) is 4.35. The number of benzene rings is 2. The van der Waals surface area contributed by atoms with Crippen LogP contribution in [0.4, 0.5) is 11.4 Å². The van der Waals surface area contributed by atoms with E-state index < -0.39 is 14.9 Å². The lowest BCUT2D eigenvalue weighted by atomic mass is 10.0. The summed E-state index contributed by atoms with van der Waals surface area (Å²) in [6.45, 7) is 0. The van der Waals surface area contributed by atoms with E-state index in [1.54, 1.807) is 24.3 Å². The fraction of sp³-hybridized carbons (Fsp3) is 0. The molecule has 1 N–H and O–H groups in total. The van der Waals surface area contributed by atoms with Gasteiger partial charge in [-0.2, -0.15) is 0 Å². The second-order valence-electron chi connectivity index (χ2n) is 4.09. The summed E-state index contributed by atoms with van der Waals surface area (Å²) in [7, 11) is -3.67. The van der Waals surface area contributed by atoms with Gasteiger partial charge in [0, 0.05) is 23.3 Å². The molecule has 0 saturated heterocycles. The molecule has 7 heteroatoms. The van der Waals surface area contributed by atoms with Crippen molar-refractivity contribution in [1.82, 2.24) is 0 Å². The molecule has 1 aliphatic rings. The van der Waals surface area contributed by atoms with E-state index >= 15 is 0 Å². The summed E-state index contributed by atoms with van der Waals surface area (Å²) < 4.78 is 26.5. The SMILES string of the molecule is O=[N+]([O-])c1ccc2c(c1)-c1ccccc1NS2(=O)=O. The zero-order valence-electron chi connectivity index (χ0n) is 9.53. The van der Waals surface area contributed by atoms with E-state index in [1.165, 1.54) is 18.2 Å². The Balaban J connectivity index is 2.37. The van der Waals surface area contributed by atoms with Crippen molar-refractivity contribution in [2.45, 2.75) is 4.90 Å². The lowest BCUT2D eigenvalue weighted by molar-refractivity contribution is -0.384. The van der Waals surface area contributed by atoms with Crippen LogP contribution in [0.3, 0.4) is 0 Å². The third kappa shape index (κ3) is 1.75. The van der Waals surface area contributed by atoms with E-state index in [4.69, 9.17) is 0 Å². The van der Waals surface area contributed by atoms with Gasteiger partial charge in [0.2, 0.25) is 0 Å². The molecule has 6 nitrogen and oxygen atoms in total. The molecule has 0 amide bonds. The molecular formula is C12H8N2O4S. The first-order chi connectivity index (χ1) is 8.99. The highest BCUT2D eigenvalue weighted by Gasteiger charge is 2.28. The van der Waals surface area contributed by atoms with Crippen LogP contribution in [-0.4, -0.2) is 13.3 Å². The van der Waals surface area contributed by atoms with Gasteiger partial charge < -0.3 is 0 Å². The number of hydrogen-bond donors (Lipinski definition) is 1. The Labute approximate surface area is 108 Å². The zero-order chi connectivity index (χ0) is 13.6. The van der Waals surface area contributed by atoms with Crippen LogP contribution in [0.25, 0.3) is 11.1 Å². The van der Waals surface area contributed by atoms with Crippen molar-refractivity contribution >= 4 is 21.4 Å². The maximum Gasteiger partial charge on any atom is 0.270 e. The molecule has 96 valence electrons. The van der Waals surface area contributed by atoms with Crippen molar-refractivity contribution in [2.24, 2.45) is 0 Å². The number of sulfonamides is 1. The minimum Gasteiger partial charge on any atom is -0.279 e. The Bertz CT molecular complexity index is 799. The van der Waals surface area contributed by atoms with Crippen LogP contribution in [-0.2, 0) is 10.0 Å². The molecule has 0 saturated carbocycles. The van der Waals surface area contributed by atoms with E-state index in [0.717, 1.165) is 0 Å². The van der Waals surface area contributed by atoms with Gasteiger partial charge >= 0.3 is 0 Å². The molecule has 0 aromatic heterocycles. The Morgan fingerprint density at radius 3 is 2.53 bits per heavy atom. The Hall–Kier alpha value is -2.41. The quantitative estimate of drug-likeness (QED) is 0.639. The van der Waals surface area contributed by atoms with Crippen LogP contribution in [0.5, 0.6) is 0 Å². The van der Waals surface area contributed by atoms with Crippen LogP contribution in [0, 0.1) is 10.1 Å².